The Balaban J connectivity index is 1.68. The van der Waals surface area contributed by atoms with E-state index in [1.165, 1.54) is 24.8 Å². The van der Waals surface area contributed by atoms with Gasteiger partial charge >= 0.3 is 0 Å². The third kappa shape index (κ3) is 2.15. The molecule has 1 spiro atoms. The maximum absolute atomic E-state index is 6.00. The summed E-state index contributed by atoms with van der Waals surface area (Å²) < 4.78 is 6.00. The van der Waals surface area contributed by atoms with E-state index in [0.717, 1.165) is 29.7 Å². The minimum atomic E-state index is 0.353. The van der Waals surface area contributed by atoms with Crippen molar-refractivity contribution in [2.45, 2.75) is 51.7 Å². The molecule has 2 atom stereocenters. The Labute approximate surface area is 137 Å². The van der Waals surface area contributed by atoms with Crippen LogP contribution in [0.5, 0.6) is 0 Å². The van der Waals surface area contributed by atoms with E-state index in [0.29, 0.717) is 17.6 Å². The fourth-order valence-corrected chi connectivity index (χ4v) is 4.53. The number of hydrogen-bond donors (Lipinski definition) is 0. The Kier molecular flexibility index (Phi) is 3.52. The summed E-state index contributed by atoms with van der Waals surface area (Å²) in [5.41, 5.74) is 2.63. The first-order valence-electron chi connectivity index (χ1n) is 8.71. The molecule has 23 heavy (non-hydrogen) atoms. The van der Waals surface area contributed by atoms with Gasteiger partial charge in [0.2, 0.25) is 0 Å². The third-order valence-electron chi connectivity index (χ3n) is 5.97. The van der Waals surface area contributed by atoms with Crippen LogP contribution in [0.3, 0.4) is 0 Å². The number of fused-ring (bicyclic) bond motifs is 1. The van der Waals surface area contributed by atoms with Gasteiger partial charge in [-0.2, -0.15) is 0 Å². The summed E-state index contributed by atoms with van der Waals surface area (Å²) in [6.45, 7) is 5.04. The summed E-state index contributed by atoms with van der Waals surface area (Å²) >= 11 is 0. The van der Waals surface area contributed by atoms with Gasteiger partial charge in [0, 0.05) is 30.5 Å². The van der Waals surface area contributed by atoms with Gasteiger partial charge in [0.05, 0.1) is 11.6 Å². The quantitative estimate of drug-likeness (QED) is 0.862. The van der Waals surface area contributed by atoms with E-state index < -0.39 is 0 Å². The normalized spacial score (nSPS) is 25.2. The topological polar surface area (TPSA) is 38.2 Å². The fourth-order valence-electron chi connectivity index (χ4n) is 4.53. The van der Waals surface area contributed by atoms with Gasteiger partial charge < -0.3 is 9.64 Å². The smallest absolute Gasteiger partial charge is 0.139 e. The fraction of sp³-hybridized carbons (Fsp3) is 0.579. The molecule has 0 bridgehead atoms. The van der Waals surface area contributed by atoms with E-state index in [-0.39, 0.29) is 0 Å². The van der Waals surface area contributed by atoms with Crippen LogP contribution < -0.4 is 4.90 Å². The lowest BCUT2D eigenvalue weighted by molar-refractivity contribution is -0.164. The van der Waals surface area contributed by atoms with Gasteiger partial charge in [-0.15, -0.1) is 0 Å². The zero-order chi connectivity index (χ0) is 16.0. The van der Waals surface area contributed by atoms with Crippen LogP contribution in [-0.4, -0.2) is 35.8 Å². The van der Waals surface area contributed by atoms with Crippen molar-refractivity contribution in [1.82, 2.24) is 9.97 Å². The lowest BCUT2D eigenvalue weighted by atomic mass is 9.50. The highest BCUT2D eigenvalue weighted by Gasteiger charge is 2.60. The maximum Gasteiger partial charge on any atom is 0.139 e. The first-order valence-corrected chi connectivity index (χ1v) is 8.71. The van der Waals surface area contributed by atoms with E-state index in [9.17, 15) is 0 Å². The minimum absolute atomic E-state index is 0.353. The van der Waals surface area contributed by atoms with Gasteiger partial charge in [-0.05, 0) is 45.2 Å². The Hall–Kier alpha value is -1.68. The molecule has 0 amide bonds. The standard InChI is InChI=1S/C19H25N3O/c1-4-23-17-11-16(19(17)8-5-9-19)22(3)18-14-10-13(2)6-7-15(14)20-12-21-18/h6-7,10,12,16-17H,4-5,8-9,11H2,1-3H3. The van der Waals surface area contributed by atoms with Gasteiger partial charge in [-0.1, -0.05) is 18.1 Å². The van der Waals surface area contributed by atoms with Crippen LogP contribution in [0, 0.1) is 12.3 Å². The van der Waals surface area contributed by atoms with E-state index in [4.69, 9.17) is 4.74 Å². The maximum atomic E-state index is 6.00. The summed E-state index contributed by atoms with van der Waals surface area (Å²) in [7, 11) is 2.19. The molecule has 0 radical (unpaired) electrons. The van der Waals surface area contributed by atoms with Crippen molar-refractivity contribution in [2.24, 2.45) is 5.41 Å². The molecule has 4 nitrogen and oxygen atoms in total. The molecule has 4 heteroatoms. The van der Waals surface area contributed by atoms with Crippen molar-refractivity contribution in [3.05, 3.63) is 30.1 Å². The molecule has 2 saturated carbocycles. The van der Waals surface area contributed by atoms with E-state index in [2.05, 4.69) is 54.0 Å². The van der Waals surface area contributed by atoms with Crippen molar-refractivity contribution < 1.29 is 4.74 Å². The molecule has 122 valence electrons. The van der Waals surface area contributed by atoms with Gasteiger partial charge in [-0.25, -0.2) is 9.97 Å². The highest BCUT2D eigenvalue weighted by atomic mass is 16.5. The van der Waals surface area contributed by atoms with Crippen LogP contribution in [0.25, 0.3) is 10.9 Å². The molecule has 2 aromatic rings. The molecule has 0 aliphatic heterocycles. The molecule has 2 fully saturated rings. The Morgan fingerprint density at radius 1 is 1.30 bits per heavy atom. The predicted octanol–water partition coefficient (Wildman–Crippen LogP) is 3.72. The number of aryl methyl sites for hydroxylation is 1. The zero-order valence-corrected chi connectivity index (χ0v) is 14.2. The Bertz CT molecular complexity index is 726. The van der Waals surface area contributed by atoms with Gasteiger partial charge in [0.1, 0.15) is 12.1 Å². The van der Waals surface area contributed by atoms with Gasteiger partial charge in [0.15, 0.2) is 0 Å². The number of hydrogen-bond acceptors (Lipinski definition) is 4. The first kappa shape index (κ1) is 14.9. The highest BCUT2D eigenvalue weighted by molar-refractivity contribution is 5.90. The lowest BCUT2D eigenvalue weighted by Gasteiger charge is -2.63. The van der Waals surface area contributed by atoms with Crippen molar-refractivity contribution in [3.63, 3.8) is 0 Å². The van der Waals surface area contributed by atoms with Gasteiger partial charge in [-0.3, -0.25) is 0 Å². The summed E-state index contributed by atoms with van der Waals surface area (Å²) in [5.74, 6) is 1.06. The number of aromatic nitrogens is 2. The minimum Gasteiger partial charge on any atom is -0.378 e. The van der Waals surface area contributed by atoms with Crippen LogP contribution in [0.1, 0.15) is 38.2 Å². The first-order chi connectivity index (χ1) is 11.2. The van der Waals surface area contributed by atoms with Crippen LogP contribution in [0.15, 0.2) is 24.5 Å². The second kappa shape index (κ2) is 5.45. The van der Waals surface area contributed by atoms with Crippen molar-refractivity contribution in [3.8, 4) is 0 Å². The Morgan fingerprint density at radius 3 is 2.83 bits per heavy atom. The van der Waals surface area contributed by atoms with Crippen molar-refractivity contribution >= 4 is 16.7 Å². The second-order valence-corrected chi connectivity index (χ2v) is 7.11. The number of benzene rings is 1. The molecular weight excluding hydrogens is 286 g/mol. The van der Waals surface area contributed by atoms with E-state index in [1.54, 1.807) is 6.33 Å². The number of rotatable bonds is 4. The molecule has 2 aliphatic rings. The lowest BCUT2D eigenvalue weighted by Crippen LogP contribution is -2.67. The molecule has 1 aromatic heterocycles. The molecule has 0 saturated heterocycles. The van der Waals surface area contributed by atoms with Crippen LogP contribution >= 0.6 is 0 Å². The molecule has 1 heterocycles. The van der Waals surface area contributed by atoms with Crippen LogP contribution in [0.2, 0.25) is 0 Å². The molecule has 2 aliphatic carbocycles. The molecule has 1 aromatic carbocycles. The number of ether oxygens (including phenoxy) is 1. The average molecular weight is 311 g/mol. The predicted molar refractivity (Wildman–Crippen MR) is 92.8 cm³/mol. The number of nitrogens with zero attached hydrogens (tertiary/aromatic N) is 3. The SMILES string of the molecule is CCOC1CC(N(C)c2ncnc3ccc(C)cc23)C12CCC2. The molecular formula is C19H25N3O. The summed E-state index contributed by atoms with van der Waals surface area (Å²) in [6, 6.07) is 6.94. The summed E-state index contributed by atoms with van der Waals surface area (Å²) in [4.78, 5) is 11.4. The average Bonchev–Trinajstić information content (AvgIpc) is 2.48. The highest BCUT2D eigenvalue weighted by Crippen LogP contribution is 2.59. The zero-order valence-electron chi connectivity index (χ0n) is 14.2. The summed E-state index contributed by atoms with van der Waals surface area (Å²) in [6.07, 6.45) is 7.14. The second-order valence-electron chi connectivity index (χ2n) is 7.11. The summed E-state index contributed by atoms with van der Waals surface area (Å²) in [5, 5.41) is 1.16. The van der Waals surface area contributed by atoms with Crippen LogP contribution in [-0.2, 0) is 4.74 Å². The van der Waals surface area contributed by atoms with E-state index in [1.807, 2.05) is 0 Å². The van der Waals surface area contributed by atoms with Crippen molar-refractivity contribution in [2.75, 3.05) is 18.6 Å². The monoisotopic (exact) mass is 311 g/mol. The molecule has 4 rings (SSSR count). The van der Waals surface area contributed by atoms with Gasteiger partial charge in [0.25, 0.3) is 0 Å². The molecule has 0 N–H and O–H groups in total. The third-order valence-corrected chi connectivity index (χ3v) is 5.97. The van der Waals surface area contributed by atoms with Crippen molar-refractivity contribution in [1.29, 1.82) is 0 Å². The number of anilines is 1. The Morgan fingerprint density at radius 2 is 2.13 bits per heavy atom. The van der Waals surface area contributed by atoms with Crippen LogP contribution in [0.4, 0.5) is 5.82 Å². The largest absolute Gasteiger partial charge is 0.378 e. The molecule has 2 unspecified atom stereocenters. The van der Waals surface area contributed by atoms with E-state index >= 15 is 0 Å².